The van der Waals surface area contributed by atoms with Gasteiger partial charge in [-0.25, -0.2) is 4.68 Å². The van der Waals surface area contributed by atoms with Crippen molar-refractivity contribution in [3.8, 4) is 5.69 Å². The molecule has 1 aliphatic rings. The highest BCUT2D eigenvalue weighted by atomic mass is 35.5. The van der Waals surface area contributed by atoms with E-state index in [-0.39, 0.29) is 11.3 Å². The number of halogens is 1. The van der Waals surface area contributed by atoms with Gasteiger partial charge >= 0.3 is 0 Å². The maximum absolute atomic E-state index is 13.2. The SMILES string of the molecule is Cc1c(C(=O)N2CCSC2c2ccccc2Cl)cnn1-c1ccccc1. The molecule has 0 spiro atoms. The molecule has 4 nitrogen and oxygen atoms in total. The summed E-state index contributed by atoms with van der Waals surface area (Å²) >= 11 is 8.11. The molecule has 4 rings (SSSR count). The monoisotopic (exact) mass is 383 g/mol. The van der Waals surface area contributed by atoms with Gasteiger partial charge in [0.1, 0.15) is 5.37 Å². The second kappa shape index (κ2) is 7.17. The number of amides is 1. The molecule has 1 unspecified atom stereocenters. The fraction of sp³-hybridized carbons (Fsp3) is 0.200. The molecule has 6 heteroatoms. The van der Waals surface area contributed by atoms with Gasteiger partial charge in [0.2, 0.25) is 0 Å². The summed E-state index contributed by atoms with van der Waals surface area (Å²) < 4.78 is 1.81. The molecule has 0 radical (unpaired) electrons. The van der Waals surface area contributed by atoms with Crippen molar-refractivity contribution in [1.29, 1.82) is 0 Å². The number of carbonyl (C=O) groups excluding carboxylic acids is 1. The minimum atomic E-state index is -0.0596. The number of benzene rings is 2. The van der Waals surface area contributed by atoms with Crippen LogP contribution in [0, 0.1) is 6.92 Å². The quantitative estimate of drug-likeness (QED) is 0.656. The van der Waals surface area contributed by atoms with E-state index in [0.29, 0.717) is 17.1 Å². The zero-order valence-electron chi connectivity index (χ0n) is 14.3. The third-order valence-electron chi connectivity index (χ3n) is 4.56. The van der Waals surface area contributed by atoms with Crippen molar-refractivity contribution < 1.29 is 4.79 Å². The third kappa shape index (κ3) is 3.02. The Labute approximate surface area is 161 Å². The second-order valence-corrected chi connectivity index (χ2v) is 7.73. The molecule has 132 valence electrons. The molecule has 2 aromatic carbocycles. The lowest BCUT2D eigenvalue weighted by atomic mass is 10.1. The van der Waals surface area contributed by atoms with Crippen molar-refractivity contribution >= 4 is 29.3 Å². The van der Waals surface area contributed by atoms with Crippen LogP contribution in [-0.2, 0) is 0 Å². The Kier molecular flexibility index (Phi) is 4.74. The molecule has 0 bridgehead atoms. The molecule has 1 saturated heterocycles. The summed E-state index contributed by atoms with van der Waals surface area (Å²) in [5.41, 5.74) is 3.41. The topological polar surface area (TPSA) is 38.1 Å². The second-order valence-electron chi connectivity index (χ2n) is 6.13. The van der Waals surface area contributed by atoms with E-state index in [0.717, 1.165) is 22.7 Å². The van der Waals surface area contributed by atoms with Crippen LogP contribution in [0.2, 0.25) is 5.02 Å². The van der Waals surface area contributed by atoms with E-state index >= 15 is 0 Å². The van der Waals surface area contributed by atoms with Crippen molar-refractivity contribution in [1.82, 2.24) is 14.7 Å². The van der Waals surface area contributed by atoms with Gasteiger partial charge in [-0.2, -0.15) is 5.10 Å². The molecular formula is C20H18ClN3OS. The number of thioether (sulfide) groups is 1. The number of rotatable bonds is 3. The molecule has 26 heavy (non-hydrogen) atoms. The Balaban J connectivity index is 1.66. The van der Waals surface area contributed by atoms with Gasteiger partial charge in [-0.3, -0.25) is 4.79 Å². The van der Waals surface area contributed by atoms with Crippen LogP contribution in [0.3, 0.4) is 0 Å². The first kappa shape index (κ1) is 17.2. The van der Waals surface area contributed by atoms with Gasteiger partial charge in [-0.05, 0) is 25.1 Å². The van der Waals surface area contributed by atoms with Crippen LogP contribution in [0.5, 0.6) is 0 Å². The highest BCUT2D eigenvalue weighted by Gasteiger charge is 2.33. The Bertz CT molecular complexity index is 941. The minimum Gasteiger partial charge on any atom is -0.322 e. The zero-order chi connectivity index (χ0) is 18.1. The van der Waals surface area contributed by atoms with Crippen molar-refractivity contribution in [3.63, 3.8) is 0 Å². The molecule has 2 heterocycles. The van der Waals surface area contributed by atoms with E-state index in [9.17, 15) is 4.79 Å². The average molecular weight is 384 g/mol. The van der Waals surface area contributed by atoms with Crippen molar-refractivity contribution in [2.75, 3.05) is 12.3 Å². The summed E-state index contributed by atoms with van der Waals surface area (Å²) in [6.07, 6.45) is 1.66. The van der Waals surface area contributed by atoms with Crippen LogP contribution in [0.4, 0.5) is 0 Å². The largest absolute Gasteiger partial charge is 0.322 e. The van der Waals surface area contributed by atoms with E-state index in [2.05, 4.69) is 5.10 Å². The molecule has 0 N–H and O–H groups in total. The fourth-order valence-corrected chi connectivity index (χ4v) is 4.81. The Hall–Kier alpha value is -2.24. The molecule has 3 aromatic rings. The summed E-state index contributed by atoms with van der Waals surface area (Å²) in [7, 11) is 0. The molecule has 0 aliphatic carbocycles. The molecule has 1 aliphatic heterocycles. The number of hydrogen-bond donors (Lipinski definition) is 0. The first-order chi connectivity index (χ1) is 12.7. The first-order valence-corrected chi connectivity index (χ1v) is 9.86. The summed E-state index contributed by atoms with van der Waals surface area (Å²) in [5.74, 6) is 0.896. The zero-order valence-corrected chi connectivity index (χ0v) is 15.9. The summed E-state index contributed by atoms with van der Waals surface area (Å²) in [6, 6.07) is 17.6. The van der Waals surface area contributed by atoms with E-state index in [1.54, 1.807) is 22.6 Å². The van der Waals surface area contributed by atoms with E-state index in [1.165, 1.54) is 0 Å². The van der Waals surface area contributed by atoms with Gasteiger partial charge in [-0.1, -0.05) is 48.0 Å². The van der Waals surface area contributed by atoms with Gasteiger partial charge in [-0.15, -0.1) is 11.8 Å². The van der Waals surface area contributed by atoms with Crippen LogP contribution >= 0.6 is 23.4 Å². The average Bonchev–Trinajstić information content (AvgIpc) is 3.29. The van der Waals surface area contributed by atoms with Crippen LogP contribution in [0.1, 0.15) is 27.0 Å². The number of carbonyl (C=O) groups is 1. The predicted molar refractivity (Wildman–Crippen MR) is 106 cm³/mol. The molecule has 1 aromatic heterocycles. The molecule has 1 fully saturated rings. The minimum absolute atomic E-state index is 0.000370. The molecule has 0 saturated carbocycles. The van der Waals surface area contributed by atoms with E-state index in [4.69, 9.17) is 11.6 Å². The van der Waals surface area contributed by atoms with Gasteiger partial charge < -0.3 is 4.90 Å². The summed E-state index contributed by atoms with van der Waals surface area (Å²) in [4.78, 5) is 15.1. The van der Waals surface area contributed by atoms with Crippen LogP contribution < -0.4 is 0 Å². The van der Waals surface area contributed by atoms with Crippen molar-refractivity contribution in [3.05, 3.63) is 82.6 Å². The van der Waals surface area contributed by atoms with Crippen LogP contribution in [0.25, 0.3) is 5.69 Å². The summed E-state index contributed by atoms with van der Waals surface area (Å²) in [5, 5.41) is 5.07. The number of para-hydroxylation sites is 1. The standard InChI is InChI=1S/C20H18ClN3OS/c1-14-17(13-22-24(14)15-7-3-2-4-8-15)19(25)23-11-12-26-20(23)16-9-5-6-10-18(16)21/h2-10,13,20H,11-12H2,1H3. The van der Waals surface area contributed by atoms with E-state index < -0.39 is 0 Å². The van der Waals surface area contributed by atoms with Crippen LogP contribution in [0.15, 0.2) is 60.8 Å². The van der Waals surface area contributed by atoms with Crippen molar-refractivity contribution in [2.45, 2.75) is 12.3 Å². The maximum atomic E-state index is 13.2. The van der Waals surface area contributed by atoms with Crippen molar-refractivity contribution in [2.24, 2.45) is 0 Å². The van der Waals surface area contributed by atoms with Crippen LogP contribution in [-0.4, -0.2) is 32.9 Å². The number of aromatic nitrogens is 2. The van der Waals surface area contributed by atoms with Gasteiger partial charge in [0.15, 0.2) is 0 Å². The smallest absolute Gasteiger partial charge is 0.258 e. The normalized spacial score (nSPS) is 16.8. The lowest BCUT2D eigenvalue weighted by Gasteiger charge is -2.24. The summed E-state index contributed by atoms with van der Waals surface area (Å²) in [6.45, 7) is 2.64. The number of hydrogen-bond acceptors (Lipinski definition) is 3. The first-order valence-electron chi connectivity index (χ1n) is 8.44. The highest BCUT2D eigenvalue weighted by Crippen LogP contribution is 2.41. The lowest BCUT2D eigenvalue weighted by molar-refractivity contribution is 0.0759. The number of nitrogens with zero attached hydrogens (tertiary/aromatic N) is 3. The molecular weight excluding hydrogens is 366 g/mol. The van der Waals surface area contributed by atoms with E-state index in [1.807, 2.05) is 66.4 Å². The highest BCUT2D eigenvalue weighted by molar-refractivity contribution is 7.99. The fourth-order valence-electron chi connectivity index (χ4n) is 3.21. The van der Waals surface area contributed by atoms with Gasteiger partial charge in [0.05, 0.1) is 23.1 Å². The maximum Gasteiger partial charge on any atom is 0.258 e. The Morgan fingerprint density at radius 2 is 1.88 bits per heavy atom. The Morgan fingerprint density at radius 1 is 1.15 bits per heavy atom. The predicted octanol–water partition coefficient (Wildman–Crippen LogP) is 4.72. The molecule has 1 atom stereocenters. The third-order valence-corrected chi connectivity index (χ3v) is 6.15. The van der Waals surface area contributed by atoms with Gasteiger partial charge in [0.25, 0.3) is 5.91 Å². The lowest BCUT2D eigenvalue weighted by Crippen LogP contribution is -2.30. The molecule has 1 amide bonds. The van der Waals surface area contributed by atoms with Gasteiger partial charge in [0, 0.05) is 22.9 Å². The Morgan fingerprint density at radius 3 is 2.65 bits per heavy atom.